The van der Waals surface area contributed by atoms with Crippen molar-refractivity contribution in [2.45, 2.75) is 18.3 Å². The van der Waals surface area contributed by atoms with Crippen molar-refractivity contribution in [3.63, 3.8) is 0 Å². The van der Waals surface area contributed by atoms with Gasteiger partial charge in [0.05, 0.1) is 18.6 Å². The van der Waals surface area contributed by atoms with Gasteiger partial charge in [0.15, 0.2) is 11.5 Å². The van der Waals surface area contributed by atoms with Crippen molar-refractivity contribution < 1.29 is 23.8 Å². The molecular formula is C28H25ClN2O5. The average molecular weight is 505 g/mol. The van der Waals surface area contributed by atoms with E-state index < -0.39 is 5.41 Å². The molecule has 184 valence electrons. The van der Waals surface area contributed by atoms with E-state index in [4.69, 9.17) is 25.8 Å². The molecule has 3 aromatic rings. The highest BCUT2D eigenvalue weighted by Crippen LogP contribution is 2.51. The van der Waals surface area contributed by atoms with Crippen molar-refractivity contribution in [3.05, 3.63) is 76.8 Å². The van der Waals surface area contributed by atoms with Gasteiger partial charge in [-0.05, 0) is 66.4 Å². The zero-order valence-corrected chi connectivity index (χ0v) is 20.3. The molecule has 1 saturated heterocycles. The predicted molar refractivity (Wildman–Crippen MR) is 136 cm³/mol. The van der Waals surface area contributed by atoms with E-state index in [9.17, 15) is 9.59 Å². The highest BCUT2D eigenvalue weighted by Gasteiger charge is 2.51. The first-order valence-corrected chi connectivity index (χ1v) is 12.4. The molecule has 1 N–H and O–H groups in total. The van der Waals surface area contributed by atoms with Gasteiger partial charge in [-0.2, -0.15) is 0 Å². The Bertz CT molecular complexity index is 1330. The van der Waals surface area contributed by atoms with Gasteiger partial charge in [-0.15, -0.1) is 0 Å². The van der Waals surface area contributed by atoms with Crippen molar-refractivity contribution in [2.75, 3.05) is 38.4 Å². The summed E-state index contributed by atoms with van der Waals surface area (Å²) in [6.07, 6.45) is 1.55. The van der Waals surface area contributed by atoms with Crippen LogP contribution in [0.3, 0.4) is 0 Å². The van der Waals surface area contributed by atoms with Crippen LogP contribution in [0, 0.1) is 0 Å². The van der Waals surface area contributed by atoms with Gasteiger partial charge in [0.2, 0.25) is 12.7 Å². The Hall–Kier alpha value is -3.55. The molecule has 2 heterocycles. The van der Waals surface area contributed by atoms with Crippen LogP contribution < -0.4 is 14.8 Å². The average Bonchev–Trinajstić information content (AvgIpc) is 3.60. The highest BCUT2D eigenvalue weighted by atomic mass is 35.5. The summed E-state index contributed by atoms with van der Waals surface area (Å²) in [6.45, 7) is 2.53. The smallest absolute Gasteiger partial charge is 0.254 e. The summed E-state index contributed by atoms with van der Waals surface area (Å²) in [7, 11) is 0. The molecule has 3 aliphatic rings. The molecular weight excluding hydrogens is 480 g/mol. The topological polar surface area (TPSA) is 77.1 Å². The van der Waals surface area contributed by atoms with E-state index in [1.165, 1.54) is 0 Å². The number of nitrogens with zero attached hydrogens (tertiary/aromatic N) is 1. The first-order valence-electron chi connectivity index (χ1n) is 12.0. The molecule has 1 saturated carbocycles. The number of morpholine rings is 1. The lowest BCUT2D eigenvalue weighted by Crippen LogP contribution is -2.40. The van der Waals surface area contributed by atoms with E-state index in [1.54, 1.807) is 17.0 Å². The highest BCUT2D eigenvalue weighted by molar-refractivity contribution is 6.33. The monoisotopic (exact) mass is 504 g/mol. The molecule has 8 heteroatoms. The second-order valence-corrected chi connectivity index (χ2v) is 9.69. The van der Waals surface area contributed by atoms with Crippen LogP contribution in [0.15, 0.2) is 60.7 Å². The van der Waals surface area contributed by atoms with E-state index in [-0.39, 0.29) is 18.6 Å². The summed E-state index contributed by atoms with van der Waals surface area (Å²) >= 11 is 6.52. The third-order valence-corrected chi connectivity index (χ3v) is 7.40. The van der Waals surface area contributed by atoms with Crippen LogP contribution in [-0.4, -0.2) is 49.8 Å². The Morgan fingerprint density at radius 2 is 1.64 bits per heavy atom. The van der Waals surface area contributed by atoms with Gasteiger partial charge >= 0.3 is 0 Å². The quantitative estimate of drug-likeness (QED) is 0.536. The number of hydrogen-bond acceptors (Lipinski definition) is 5. The maximum absolute atomic E-state index is 13.3. The van der Waals surface area contributed by atoms with Gasteiger partial charge < -0.3 is 24.4 Å². The summed E-state index contributed by atoms with van der Waals surface area (Å²) in [5.74, 6) is 1.32. The Kier molecular flexibility index (Phi) is 5.82. The number of rotatable bonds is 5. The molecule has 0 unspecified atom stereocenters. The van der Waals surface area contributed by atoms with Gasteiger partial charge in [0, 0.05) is 34.9 Å². The van der Waals surface area contributed by atoms with Crippen molar-refractivity contribution >= 4 is 29.1 Å². The molecule has 3 aromatic carbocycles. The van der Waals surface area contributed by atoms with Gasteiger partial charge in [-0.1, -0.05) is 29.8 Å². The van der Waals surface area contributed by atoms with E-state index in [0.29, 0.717) is 54.1 Å². The van der Waals surface area contributed by atoms with Crippen molar-refractivity contribution in [1.82, 2.24) is 4.90 Å². The molecule has 2 aliphatic heterocycles. The van der Waals surface area contributed by atoms with E-state index in [2.05, 4.69) is 5.32 Å². The fourth-order valence-electron chi connectivity index (χ4n) is 4.78. The largest absolute Gasteiger partial charge is 0.454 e. The fraction of sp³-hybridized carbons (Fsp3) is 0.286. The van der Waals surface area contributed by atoms with Crippen molar-refractivity contribution in [2.24, 2.45) is 0 Å². The standard InChI is InChI=1S/C28H25ClN2O5/c29-23-7-6-21(30-27(33)28(9-10-28)20-5-8-24-25(15-20)36-17-35-24)16-22(23)18-1-3-19(4-2-18)26(32)31-11-13-34-14-12-31/h1-8,15-16H,9-14,17H2,(H,30,33). The van der Waals surface area contributed by atoms with Crippen LogP contribution >= 0.6 is 11.6 Å². The third-order valence-electron chi connectivity index (χ3n) is 7.08. The lowest BCUT2D eigenvalue weighted by molar-refractivity contribution is -0.118. The maximum atomic E-state index is 13.3. The maximum Gasteiger partial charge on any atom is 0.254 e. The number of ether oxygens (including phenoxy) is 3. The number of halogens is 1. The molecule has 6 rings (SSSR count). The predicted octanol–water partition coefficient (Wildman–Crippen LogP) is 4.88. The van der Waals surface area contributed by atoms with Crippen LogP contribution in [0.1, 0.15) is 28.8 Å². The normalized spacial score (nSPS) is 17.5. The minimum atomic E-state index is -0.567. The number of nitrogens with one attached hydrogen (secondary N) is 1. The number of benzene rings is 3. The Morgan fingerprint density at radius 3 is 2.39 bits per heavy atom. The molecule has 2 fully saturated rings. The van der Waals surface area contributed by atoms with E-state index in [0.717, 1.165) is 29.5 Å². The lowest BCUT2D eigenvalue weighted by atomic mass is 9.94. The summed E-state index contributed by atoms with van der Waals surface area (Å²) in [4.78, 5) is 27.9. The van der Waals surface area contributed by atoms with Gasteiger partial charge in [-0.3, -0.25) is 9.59 Å². The zero-order valence-electron chi connectivity index (χ0n) is 19.6. The Labute approximate surface area is 213 Å². The number of anilines is 1. The Balaban J connectivity index is 1.20. The summed E-state index contributed by atoms with van der Waals surface area (Å²) in [5.41, 5.74) is 3.31. The number of carbonyl (C=O) groups is 2. The van der Waals surface area contributed by atoms with Crippen LogP contribution in [-0.2, 0) is 14.9 Å². The van der Waals surface area contributed by atoms with E-state index >= 15 is 0 Å². The lowest BCUT2D eigenvalue weighted by Gasteiger charge is -2.26. The van der Waals surface area contributed by atoms with Gasteiger partial charge in [0.1, 0.15) is 0 Å². The van der Waals surface area contributed by atoms with Crippen LogP contribution in [0.4, 0.5) is 5.69 Å². The number of carbonyl (C=O) groups excluding carboxylic acids is 2. The molecule has 0 radical (unpaired) electrons. The SMILES string of the molecule is O=C(c1ccc(-c2cc(NC(=O)C3(c4ccc5c(c4)OCO5)CC3)ccc2Cl)cc1)N1CCOCC1. The molecule has 0 spiro atoms. The second kappa shape index (κ2) is 9.15. The molecule has 0 bridgehead atoms. The van der Waals surface area contributed by atoms with Gasteiger partial charge in [-0.25, -0.2) is 0 Å². The molecule has 7 nitrogen and oxygen atoms in total. The van der Waals surface area contributed by atoms with Crippen molar-refractivity contribution in [3.8, 4) is 22.6 Å². The molecule has 2 amide bonds. The summed E-state index contributed by atoms with van der Waals surface area (Å²) < 4.78 is 16.2. The molecule has 0 aromatic heterocycles. The van der Waals surface area contributed by atoms with Crippen molar-refractivity contribution in [1.29, 1.82) is 0 Å². The minimum Gasteiger partial charge on any atom is -0.454 e. The number of amides is 2. The first kappa shape index (κ1) is 22.9. The molecule has 0 atom stereocenters. The second-order valence-electron chi connectivity index (χ2n) is 9.28. The summed E-state index contributed by atoms with van der Waals surface area (Å²) in [5, 5.41) is 3.65. The van der Waals surface area contributed by atoms with Gasteiger partial charge in [0.25, 0.3) is 5.91 Å². The first-order chi connectivity index (χ1) is 17.5. The zero-order chi connectivity index (χ0) is 24.7. The van der Waals surface area contributed by atoms with Crippen LogP contribution in [0.25, 0.3) is 11.1 Å². The van der Waals surface area contributed by atoms with Crippen LogP contribution in [0.5, 0.6) is 11.5 Å². The minimum absolute atomic E-state index is 0.00444. The van der Waals surface area contributed by atoms with Crippen LogP contribution in [0.2, 0.25) is 5.02 Å². The Morgan fingerprint density at radius 1 is 0.889 bits per heavy atom. The third kappa shape index (κ3) is 4.18. The van der Waals surface area contributed by atoms with E-state index in [1.807, 2.05) is 48.5 Å². The number of hydrogen-bond donors (Lipinski definition) is 1. The number of fused-ring (bicyclic) bond motifs is 1. The molecule has 36 heavy (non-hydrogen) atoms. The molecule has 1 aliphatic carbocycles. The fourth-order valence-corrected chi connectivity index (χ4v) is 5.01. The summed E-state index contributed by atoms with van der Waals surface area (Å²) in [6, 6.07) is 18.5.